The molecule has 0 unspecified atom stereocenters. The normalized spacial score (nSPS) is 14.8. The lowest BCUT2D eigenvalue weighted by Gasteiger charge is -2.36. The fourth-order valence-electron chi connectivity index (χ4n) is 4.75. The average Bonchev–Trinajstić information content (AvgIpc) is 2.82. The van der Waals surface area contributed by atoms with Crippen LogP contribution < -0.4 is 10.5 Å². The highest BCUT2D eigenvalue weighted by Crippen LogP contribution is 2.34. The van der Waals surface area contributed by atoms with Crippen LogP contribution in [0.3, 0.4) is 0 Å². The van der Waals surface area contributed by atoms with Crippen molar-refractivity contribution < 1.29 is 4.92 Å². The number of benzene rings is 3. The topological polar surface area (TPSA) is 71.6 Å². The van der Waals surface area contributed by atoms with Crippen LogP contribution >= 0.6 is 0 Å². The van der Waals surface area contributed by atoms with Crippen molar-refractivity contribution in [2.75, 3.05) is 31.1 Å². The first-order valence-electron chi connectivity index (χ1n) is 10.7. The van der Waals surface area contributed by atoms with Crippen molar-refractivity contribution in [3.63, 3.8) is 0 Å². The smallest absolute Gasteiger partial charge is 0.357 e. The van der Waals surface area contributed by atoms with E-state index in [-0.39, 0.29) is 5.69 Å². The molecule has 3 aromatic carbocycles. The number of anilines is 1. The van der Waals surface area contributed by atoms with E-state index in [1.165, 1.54) is 20.9 Å². The van der Waals surface area contributed by atoms with Gasteiger partial charge < -0.3 is 9.47 Å². The Hall–Kier alpha value is -3.71. The first-order chi connectivity index (χ1) is 15.5. The Morgan fingerprint density at radius 1 is 0.875 bits per heavy atom. The second kappa shape index (κ2) is 8.09. The molecule has 1 aromatic heterocycles. The van der Waals surface area contributed by atoms with Gasteiger partial charge in [-0.1, -0.05) is 60.7 Å². The van der Waals surface area contributed by atoms with Crippen LogP contribution in [0.5, 0.6) is 0 Å². The molecule has 0 spiro atoms. The number of nitro groups is 1. The number of pyridine rings is 1. The third kappa shape index (κ3) is 3.40. The maximum absolute atomic E-state index is 12.8. The van der Waals surface area contributed by atoms with E-state index < -0.39 is 10.5 Å². The zero-order valence-electron chi connectivity index (χ0n) is 17.9. The van der Waals surface area contributed by atoms with Crippen molar-refractivity contribution in [3.8, 4) is 0 Å². The first-order valence-corrected chi connectivity index (χ1v) is 10.7. The Balaban J connectivity index is 1.44. The van der Waals surface area contributed by atoms with Gasteiger partial charge in [-0.2, -0.15) is 0 Å². The van der Waals surface area contributed by atoms with Crippen molar-refractivity contribution in [1.82, 2.24) is 9.47 Å². The van der Waals surface area contributed by atoms with Gasteiger partial charge in [-0.3, -0.25) is 19.8 Å². The SMILES string of the molecule is Cn1c(=O)c([N+](=O)[O-])c(N2CCN(Cc3cccc4ccccc34)CC2)c2ccccc21. The molecule has 0 amide bonds. The highest BCUT2D eigenvalue weighted by atomic mass is 16.6. The van der Waals surface area contributed by atoms with Crippen LogP contribution in [-0.2, 0) is 13.6 Å². The molecule has 0 radical (unpaired) electrons. The third-order valence-electron chi connectivity index (χ3n) is 6.40. The van der Waals surface area contributed by atoms with E-state index >= 15 is 0 Å². The predicted molar refractivity (Wildman–Crippen MR) is 127 cm³/mol. The number of piperazine rings is 1. The number of rotatable bonds is 4. The molecule has 7 heteroatoms. The Morgan fingerprint density at radius 3 is 2.28 bits per heavy atom. The van der Waals surface area contributed by atoms with E-state index in [1.54, 1.807) is 7.05 Å². The largest absolute Gasteiger partial charge is 0.363 e. The standard InChI is InChI=1S/C25H24N4O3/c1-26-22-12-5-4-11-21(22)23(24(25(26)30)29(31)32)28-15-13-27(14-16-28)17-19-9-6-8-18-7-2-3-10-20(18)19/h2-12H,13-17H2,1H3. The fraction of sp³-hybridized carbons (Fsp3) is 0.240. The Labute approximate surface area is 185 Å². The van der Waals surface area contributed by atoms with Crippen molar-refractivity contribution in [2.45, 2.75) is 6.54 Å². The molecule has 0 saturated carbocycles. The molecule has 1 saturated heterocycles. The van der Waals surface area contributed by atoms with Crippen LogP contribution in [-0.4, -0.2) is 40.6 Å². The lowest BCUT2D eigenvalue weighted by Crippen LogP contribution is -2.46. The zero-order chi connectivity index (χ0) is 22.2. The molecule has 1 aliphatic rings. The van der Waals surface area contributed by atoms with Gasteiger partial charge in [-0.15, -0.1) is 0 Å². The van der Waals surface area contributed by atoms with Gasteiger partial charge in [0, 0.05) is 45.2 Å². The Morgan fingerprint density at radius 2 is 1.53 bits per heavy atom. The summed E-state index contributed by atoms with van der Waals surface area (Å²) < 4.78 is 1.37. The number of aryl methyl sites for hydroxylation is 1. The van der Waals surface area contributed by atoms with E-state index in [2.05, 4.69) is 41.3 Å². The first kappa shape index (κ1) is 20.2. The van der Waals surface area contributed by atoms with E-state index in [9.17, 15) is 14.9 Å². The highest BCUT2D eigenvalue weighted by Gasteiger charge is 2.30. The van der Waals surface area contributed by atoms with E-state index in [4.69, 9.17) is 0 Å². The van der Waals surface area contributed by atoms with Crippen molar-refractivity contribution in [1.29, 1.82) is 0 Å². The van der Waals surface area contributed by atoms with E-state index in [0.717, 1.165) is 25.0 Å². The molecule has 0 atom stereocenters. The van der Waals surface area contributed by atoms with Crippen molar-refractivity contribution in [3.05, 3.63) is 92.8 Å². The maximum Gasteiger partial charge on any atom is 0.357 e. The molecular formula is C25H24N4O3. The second-order valence-electron chi connectivity index (χ2n) is 8.24. The molecule has 0 bridgehead atoms. The number of nitrogens with zero attached hydrogens (tertiary/aromatic N) is 4. The van der Waals surface area contributed by atoms with E-state index in [1.807, 2.05) is 35.2 Å². The molecule has 4 aromatic rings. The van der Waals surface area contributed by atoms with Gasteiger partial charge in [0.05, 0.1) is 10.4 Å². The predicted octanol–water partition coefficient (Wildman–Crippen LogP) is 3.92. The molecular weight excluding hydrogens is 404 g/mol. The summed E-state index contributed by atoms with van der Waals surface area (Å²) in [4.78, 5) is 28.5. The molecule has 0 N–H and O–H groups in total. The van der Waals surface area contributed by atoms with Gasteiger partial charge in [-0.05, 0) is 22.4 Å². The van der Waals surface area contributed by atoms with Crippen LogP contribution in [0.4, 0.5) is 11.4 Å². The molecule has 0 aliphatic carbocycles. The maximum atomic E-state index is 12.8. The molecule has 162 valence electrons. The molecule has 1 fully saturated rings. The van der Waals surface area contributed by atoms with Crippen LogP contribution in [0.1, 0.15) is 5.56 Å². The van der Waals surface area contributed by atoms with Gasteiger partial charge in [0.15, 0.2) is 0 Å². The van der Waals surface area contributed by atoms with Gasteiger partial charge in [0.1, 0.15) is 5.69 Å². The molecule has 5 rings (SSSR count). The molecule has 32 heavy (non-hydrogen) atoms. The van der Waals surface area contributed by atoms with Gasteiger partial charge >= 0.3 is 11.2 Å². The molecule has 7 nitrogen and oxygen atoms in total. The Bertz CT molecular complexity index is 1380. The fourth-order valence-corrected chi connectivity index (χ4v) is 4.75. The highest BCUT2D eigenvalue weighted by molar-refractivity contribution is 5.96. The lowest BCUT2D eigenvalue weighted by atomic mass is 10.0. The van der Waals surface area contributed by atoms with Crippen LogP contribution in [0.25, 0.3) is 21.7 Å². The van der Waals surface area contributed by atoms with Gasteiger partial charge in [0.2, 0.25) is 0 Å². The van der Waals surface area contributed by atoms with Crippen molar-refractivity contribution >= 4 is 33.1 Å². The minimum Gasteiger partial charge on any atom is -0.363 e. The van der Waals surface area contributed by atoms with Crippen LogP contribution in [0.2, 0.25) is 0 Å². The number of hydrogen-bond acceptors (Lipinski definition) is 5. The van der Waals surface area contributed by atoms with Gasteiger partial charge in [0.25, 0.3) is 0 Å². The minimum atomic E-state index is -0.568. The average molecular weight is 428 g/mol. The van der Waals surface area contributed by atoms with Gasteiger partial charge in [-0.25, -0.2) is 0 Å². The van der Waals surface area contributed by atoms with Crippen LogP contribution in [0, 0.1) is 10.1 Å². The number of hydrogen-bond donors (Lipinski definition) is 0. The van der Waals surface area contributed by atoms with E-state index in [0.29, 0.717) is 24.3 Å². The summed E-state index contributed by atoms with van der Waals surface area (Å²) in [5.74, 6) is 0. The summed E-state index contributed by atoms with van der Waals surface area (Å²) >= 11 is 0. The molecule has 2 heterocycles. The third-order valence-corrected chi connectivity index (χ3v) is 6.40. The number of para-hydroxylation sites is 1. The van der Waals surface area contributed by atoms with Crippen molar-refractivity contribution in [2.24, 2.45) is 7.05 Å². The quantitative estimate of drug-likeness (QED) is 0.364. The second-order valence-corrected chi connectivity index (χ2v) is 8.24. The summed E-state index contributed by atoms with van der Waals surface area (Å²) in [6.45, 7) is 3.62. The lowest BCUT2D eigenvalue weighted by molar-refractivity contribution is -0.385. The minimum absolute atomic E-state index is 0.339. The molecule has 1 aliphatic heterocycles. The summed E-state index contributed by atoms with van der Waals surface area (Å²) in [5, 5.41) is 15.1. The van der Waals surface area contributed by atoms with Crippen LogP contribution in [0.15, 0.2) is 71.5 Å². The summed E-state index contributed by atoms with van der Waals surface area (Å²) in [5.41, 5.74) is 1.52. The zero-order valence-corrected chi connectivity index (χ0v) is 17.9. The number of aromatic nitrogens is 1. The monoisotopic (exact) mass is 428 g/mol. The summed E-state index contributed by atoms with van der Waals surface area (Å²) in [7, 11) is 1.59. The summed E-state index contributed by atoms with van der Waals surface area (Å²) in [6, 6.07) is 22.1. The number of fused-ring (bicyclic) bond motifs is 2. The Kier molecular flexibility index (Phi) is 5.11. The summed E-state index contributed by atoms with van der Waals surface area (Å²) in [6.07, 6.45) is 0.